The van der Waals surface area contributed by atoms with Gasteiger partial charge < -0.3 is 10.6 Å². The molecule has 0 saturated carbocycles. The van der Waals surface area contributed by atoms with Crippen molar-refractivity contribution in [2.24, 2.45) is 11.7 Å². The van der Waals surface area contributed by atoms with E-state index >= 15 is 0 Å². The highest BCUT2D eigenvalue weighted by Gasteiger charge is 2.18. The molecule has 1 aromatic carbocycles. The summed E-state index contributed by atoms with van der Waals surface area (Å²) in [7, 11) is 0. The molecule has 1 fully saturated rings. The second-order valence-electron chi connectivity index (χ2n) is 5.10. The van der Waals surface area contributed by atoms with E-state index in [2.05, 4.69) is 16.7 Å². The lowest BCUT2D eigenvalue weighted by molar-refractivity contribution is 0.227. The predicted molar refractivity (Wildman–Crippen MR) is 73.3 cm³/mol. The predicted octanol–water partition coefficient (Wildman–Crippen LogP) is 1.54. The summed E-state index contributed by atoms with van der Waals surface area (Å²) in [5.74, 6) is 0.386. The molecule has 1 heterocycles. The molecule has 1 saturated heterocycles. The molecule has 1 aliphatic heterocycles. The molecule has 0 amide bonds. The van der Waals surface area contributed by atoms with Gasteiger partial charge in [-0.2, -0.15) is 0 Å². The van der Waals surface area contributed by atoms with Gasteiger partial charge in [0.1, 0.15) is 5.82 Å². The summed E-state index contributed by atoms with van der Waals surface area (Å²) in [5, 5.41) is 0. The SMILES string of the molecule is CC(CN)CN1CCN(c2ccc(F)cc2)CC1. The van der Waals surface area contributed by atoms with E-state index in [1.165, 1.54) is 12.1 Å². The number of piperazine rings is 1. The highest BCUT2D eigenvalue weighted by atomic mass is 19.1. The second-order valence-corrected chi connectivity index (χ2v) is 5.10. The van der Waals surface area contributed by atoms with Crippen molar-refractivity contribution in [1.82, 2.24) is 4.90 Å². The minimum absolute atomic E-state index is 0.172. The van der Waals surface area contributed by atoms with Crippen LogP contribution in [0.5, 0.6) is 0 Å². The van der Waals surface area contributed by atoms with E-state index in [0.29, 0.717) is 5.92 Å². The lowest BCUT2D eigenvalue weighted by Gasteiger charge is -2.37. The molecule has 2 rings (SSSR count). The van der Waals surface area contributed by atoms with Crippen LogP contribution in [0.2, 0.25) is 0 Å². The Morgan fingerprint density at radius 1 is 1.17 bits per heavy atom. The lowest BCUT2D eigenvalue weighted by atomic mass is 10.1. The first kappa shape index (κ1) is 13.3. The first-order chi connectivity index (χ1) is 8.69. The molecule has 100 valence electrons. The number of rotatable bonds is 4. The minimum Gasteiger partial charge on any atom is -0.369 e. The number of nitrogens with two attached hydrogens (primary N) is 1. The smallest absolute Gasteiger partial charge is 0.123 e. The third-order valence-electron chi connectivity index (χ3n) is 3.54. The number of benzene rings is 1. The van der Waals surface area contributed by atoms with Gasteiger partial charge in [-0.15, -0.1) is 0 Å². The zero-order chi connectivity index (χ0) is 13.0. The molecule has 0 aromatic heterocycles. The topological polar surface area (TPSA) is 32.5 Å². The van der Waals surface area contributed by atoms with E-state index in [-0.39, 0.29) is 5.82 Å². The molecule has 1 aliphatic rings. The monoisotopic (exact) mass is 251 g/mol. The number of anilines is 1. The van der Waals surface area contributed by atoms with Gasteiger partial charge in [0.25, 0.3) is 0 Å². The van der Waals surface area contributed by atoms with Crippen molar-refractivity contribution in [3.05, 3.63) is 30.1 Å². The highest BCUT2D eigenvalue weighted by molar-refractivity contribution is 5.46. The Labute approximate surface area is 108 Å². The maximum Gasteiger partial charge on any atom is 0.123 e. The molecule has 0 bridgehead atoms. The summed E-state index contributed by atoms with van der Waals surface area (Å²) in [6, 6.07) is 6.76. The van der Waals surface area contributed by atoms with Crippen LogP contribution < -0.4 is 10.6 Å². The van der Waals surface area contributed by atoms with Crippen molar-refractivity contribution >= 4 is 5.69 Å². The van der Waals surface area contributed by atoms with Gasteiger partial charge in [-0.05, 0) is 36.7 Å². The van der Waals surface area contributed by atoms with Gasteiger partial charge in [-0.25, -0.2) is 4.39 Å². The lowest BCUT2D eigenvalue weighted by Crippen LogP contribution is -2.48. The molecule has 1 aromatic rings. The van der Waals surface area contributed by atoms with Crippen LogP contribution in [-0.2, 0) is 0 Å². The molecule has 0 spiro atoms. The molecular weight excluding hydrogens is 229 g/mol. The molecule has 18 heavy (non-hydrogen) atoms. The number of halogens is 1. The Kier molecular flexibility index (Phi) is 4.55. The third-order valence-corrected chi connectivity index (χ3v) is 3.54. The van der Waals surface area contributed by atoms with E-state index in [1.54, 1.807) is 0 Å². The van der Waals surface area contributed by atoms with E-state index in [1.807, 2.05) is 12.1 Å². The van der Waals surface area contributed by atoms with Gasteiger partial charge in [-0.1, -0.05) is 6.92 Å². The van der Waals surface area contributed by atoms with Crippen molar-refractivity contribution < 1.29 is 4.39 Å². The first-order valence-corrected chi connectivity index (χ1v) is 6.62. The van der Waals surface area contributed by atoms with Crippen LogP contribution >= 0.6 is 0 Å². The van der Waals surface area contributed by atoms with Gasteiger partial charge >= 0.3 is 0 Å². The largest absolute Gasteiger partial charge is 0.369 e. The fourth-order valence-corrected chi connectivity index (χ4v) is 2.36. The minimum atomic E-state index is -0.172. The van der Waals surface area contributed by atoms with E-state index in [9.17, 15) is 4.39 Å². The van der Waals surface area contributed by atoms with E-state index in [0.717, 1.165) is 45.0 Å². The molecule has 1 atom stereocenters. The second kappa shape index (κ2) is 6.16. The van der Waals surface area contributed by atoms with Crippen LogP contribution in [0, 0.1) is 11.7 Å². The van der Waals surface area contributed by atoms with Crippen molar-refractivity contribution in [3.8, 4) is 0 Å². The van der Waals surface area contributed by atoms with Gasteiger partial charge in [-0.3, -0.25) is 4.90 Å². The van der Waals surface area contributed by atoms with Gasteiger partial charge in [0.15, 0.2) is 0 Å². The van der Waals surface area contributed by atoms with E-state index in [4.69, 9.17) is 5.73 Å². The molecule has 1 unspecified atom stereocenters. The Balaban J connectivity index is 1.84. The Morgan fingerprint density at radius 3 is 2.33 bits per heavy atom. The maximum absolute atomic E-state index is 12.9. The van der Waals surface area contributed by atoms with Crippen molar-refractivity contribution in [1.29, 1.82) is 0 Å². The van der Waals surface area contributed by atoms with Crippen molar-refractivity contribution in [3.63, 3.8) is 0 Å². The summed E-state index contributed by atoms with van der Waals surface area (Å²) >= 11 is 0. The van der Waals surface area contributed by atoms with Crippen LogP contribution in [0.15, 0.2) is 24.3 Å². The average molecular weight is 251 g/mol. The van der Waals surface area contributed by atoms with Gasteiger partial charge in [0.2, 0.25) is 0 Å². The zero-order valence-corrected chi connectivity index (χ0v) is 11.0. The first-order valence-electron chi connectivity index (χ1n) is 6.62. The summed E-state index contributed by atoms with van der Waals surface area (Å²) in [6.07, 6.45) is 0. The average Bonchev–Trinajstić information content (AvgIpc) is 2.40. The Bertz CT molecular complexity index is 358. The normalized spacial score (nSPS) is 18.9. The molecule has 3 nitrogen and oxygen atoms in total. The highest BCUT2D eigenvalue weighted by Crippen LogP contribution is 2.17. The van der Waals surface area contributed by atoms with Crippen LogP contribution in [-0.4, -0.2) is 44.2 Å². The van der Waals surface area contributed by atoms with Crippen LogP contribution in [0.4, 0.5) is 10.1 Å². The number of hydrogen-bond donors (Lipinski definition) is 1. The molecular formula is C14H22FN3. The molecule has 0 radical (unpaired) electrons. The third kappa shape index (κ3) is 3.43. The number of nitrogens with zero attached hydrogens (tertiary/aromatic N) is 2. The van der Waals surface area contributed by atoms with Crippen LogP contribution in [0.3, 0.4) is 0 Å². The fourth-order valence-electron chi connectivity index (χ4n) is 2.36. The Hall–Kier alpha value is -1.13. The van der Waals surface area contributed by atoms with Gasteiger partial charge in [0, 0.05) is 38.4 Å². The quantitative estimate of drug-likeness (QED) is 0.881. The van der Waals surface area contributed by atoms with Crippen molar-refractivity contribution in [2.45, 2.75) is 6.92 Å². The maximum atomic E-state index is 12.9. The number of hydrogen-bond acceptors (Lipinski definition) is 3. The molecule has 2 N–H and O–H groups in total. The Morgan fingerprint density at radius 2 is 1.78 bits per heavy atom. The zero-order valence-electron chi connectivity index (χ0n) is 11.0. The van der Waals surface area contributed by atoms with Crippen LogP contribution in [0.25, 0.3) is 0 Å². The van der Waals surface area contributed by atoms with Crippen LogP contribution in [0.1, 0.15) is 6.92 Å². The summed E-state index contributed by atoms with van der Waals surface area (Å²) in [4.78, 5) is 4.76. The summed E-state index contributed by atoms with van der Waals surface area (Å²) in [5.41, 5.74) is 6.76. The van der Waals surface area contributed by atoms with Crippen molar-refractivity contribution in [2.75, 3.05) is 44.2 Å². The summed E-state index contributed by atoms with van der Waals surface area (Å²) in [6.45, 7) is 8.13. The van der Waals surface area contributed by atoms with Gasteiger partial charge in [0.05, 0.1) is 0 Å². The van der Waals surface area contributed by atoms with E-state index < -0.39 is 0 Å². The molecule has 0 aliphatic carbocycles. The summed E-state index contributed by atoms with van der Waals surface area (Å²) < 4.78 is 12.9. The fraction of sp³-hybridized carbons (Fsp3) is 0.571. The standard InChI is InChI=1S/C14H22FN3/c1-12(10-16)11-17-6-8-18(9-7-17)14-4-2-13(15)3-5-14/h2-5,12H,6-11,16H2,1H3. The molecule has 4 heteroatoms.